The van der Waals surface area contributed by atoms with E-state index in [1.165, 1.54) is 0 Å². The highest BCUT2D eigenvalue weighted by atomic mass is 16.5. The third-order valence-electron chi connectivity index (χ3n) is 3.90. The van der Waals surface area contributed by atoms with Crippen LogP contribution < -0.4 is 10.6 Å². The van der Waals surface area contributed by atoms with Crippen LogP contribution in [0.4, 0.5) is 0 Å². The van der Waals surface area contributed by atoms with Gasteiger partial charge in [-0.2, -0.15) is 0 Å². The van der Waals surface area contributed by atoms with Gasteiger partial charge in [0.25, 0.3) is 0 Å². The first-order valence-corrected chi connectivity index (χ1v) is 7.48. The van der Waals surface area contributed by atoms with Gasteiger partial charge in [-0.25, -0.2) is 0 Å². The van der Waals surface area contributed by atoms with Crippen LogP contribution in [-0.2, 0) is 14.3 Å². The molecule has 0 aromatic carbocycles. The molecule has 6 nitrogen and oxygen atoms in total. The fourth-order valence-electron chi connectivity index (χ4n) is 2.56. The van der Waals surface area contributed by atoms with Gasteiger partial charge in [-0.3, -0.25) is 9.59 Å². The lowest BCUT2D eigenvalue weighted by molar-refractivity contribution is -0.137. The molecule has 2 aliphatic heterocycles. The molecule has 2 rings (SSSR count). The molecule has 2 N–H and O–H groups in total. The number of likely N-dealkylation sites (tertiary alicyclic amines) is 1. The highest BCUT2D eigenvalue weighted by molar-refractivity contribution is 5.82. The molecule has 1 atom stereocenters. The Bertz CT molecular complexity index is 346. The van der Waals surface area contributed by atoms with Crippen LogP contribution in [0.5, 0.6) is 0 Å². The summed E-state index contributed by atoms with van der Waals surface area (Å²) < 4.78 is 5.33. The number of hydrogen-bond donors (Lipinski definition) is 2. The van der Waals surface area contributed by atoms with E-state index in [-0.39, 0.29) is 29.8 Å². The molecule has 20 heavy (non-hydrogen) atoms. The third kappa shape index (κ3) is 3.93. The number of hydrogen-bond acceptors (Lipinski definition) is 4. The van der Waals surface area contributed by atoms with Gasteiger partial charge >= 0.3 is 0 Å². The minimum Gasteiger partial charge on any atom is -0.378 e. The molecule has 2 amide bonds. The molecule has 0 aliphatic carbocycles. The molecule has 6 heteroatoms. The maximum atomic E-state index is 12.3. The van der Waals surface area contributed by atoms with Gasteiger partial charge in [-0.05, 0) is 12.8 Å². The van der Waals surface area contributed by atoms with Crippen LogP contribution in [-0.4, -0.2) is 61.6 Å². The fourth-order valence-corrected chi connectivity index (χ4v) is 2.56. The number of nitrogens with one attached hydrogen (secondary N) is 2. The normalized spacial score (nSPS) is 24.8. The Labute approximate surface area is 120 Å². The number of amides is 2. The average molecular weight is 283 g/mol. The van der Waals surface area contributed by atoms with Crippen LogP contribution in [0, 0.1) is 5.92 Å². The number of ether oxygens (including phenoxy) is 1. The van der Waals surface area contributed by atoms with Crippen molar-refractivity contribution in [3.05, 3.63) is 0 Å². The molecule has 0 aromatic heterocycles. The molecule has 2 fully saturated rings. The van der Waals surface area contributed by atoms with E-state index in [4.69, 9.17) is 4.74 Å². The summed E-state index contributed by atoms with van der Waals surface area (Å²) in [6.45, 7) is 7.07. The molecule has 2 saturated heterocycles. The van der Waals surface area contributed by atoms with Crippen LogP contribution in [0.1, 0.15) is 26.7 Å². The van der Waals surface area contributed by atoms with Crippen molar-refractivity contribution in [2.75, 3.05) is 32.8 Å². The number of carbonyl (C=O) groups excluding carboxylic acids is 2. The van der Waals surface area contributed by atoms with Crippen molar-refractivity contribution < 1.29 is 14.3 Å². The first kappa shape index (κ1) is 15.3. The van der Waals surface area contributed by atoms with E-state index >= 15 is 0 Å². The van der Waals surface area contributed by atoms with Gasteiger partial charge < -0.3 is 20.3 Å². The van der Waals surface area contributed by atoms with Crippen molar-refractivity contribution in [2.24, 2.45) is 5.92 Å². The Kier molecular flexibility index (Phi) is 5.37. The molecule has 0 spiro atoms. The van der Waals surface area contributed by atoms with Crippen LogP contribution in [0.15, 0.2) is 0 Å². The highest BCUT2D eigenvalue weighted by Gasteiger charge is 2.29. The first-order valence-electron chi connectivity index (χ1n) is 7.48. The largest absolute Gasteiger partial charge is 0.378 e. The van der Waals surface area contributed by atoms with Crippen LogP contribution >= 0.6 is 0 Å². The molecular weight excluding hydrogens is 258 g/mol. The predicted octanol–water partition coefficient (Wildman–Crippen LogP) is -0.262. The maximum Gasteiger partial charge on any atom is 0.242 e. The molecule has 0 saturated carbocycles. The Morgan fingerprint density at radius 2 is 2.00 bits per heavy atom. The van der Waals surface area contributed by atoms with Crippen molar-refractivity contribution in [1.82, 2.24) is 15.5 Å². The smallest absolute Gasteiger partial charge is 0.242 e. The van der Waals surface area contributed by atoms with Gasteiger partial charge in [0.1, 0.15) is 6.04 Å². The van der Waals surface area contributed by atoms with E-state index in [9.17, 15) is 9.59 Å². The minimum atomic E-state index is -0.203. The van der Waals surface area contributed by atoms with Crippen molar-refractivity contribution in [3.63, 3.8) is 0 Å². The summed E-state index contributed by atoms with van der Waals surface area (Å²) in [6, 6.07) is -0.00456. The fraction of sp³-hybridized carbons (Fsp3) is 0.857. The molecule has 114 valence electrons. The predicted molar refractivity (Wildman–Crippen MR) is 75.2 cm³/mol. The minimum absolute atomic E-state index is 0.0123. The zero-order valence-electron chi connectivity index (χ0n) is 12.4. The Morgan fingerprint density at radius 1 is 1.30 bits per heavy atom. The third-order valence-corrected chi connectivity index (χ3v) is 3.90. The lowest BCUT2D eigenvalue weighted by Gasteiger charge is -2.35. The summed E-state index contributed by atoms with van der Waals surface area (Å²) in [5, 5.41) is 6.23. The Balaban J connectivity index is 1.76. The van der Waals surface area contributed by atoms with Crippen molar-refractivity contribution in [1.29, 1.82) is 0 Å². The van der Waals surface area contributed by atoms with Gasteiger partial charge in [-0.1, -0.05) is 13.8 Å². The lowest BCUT2D eigenvalue weighted by Crippen LogP contribution is -2.55. The van der Waals surface area contributed by atoms with E-state index in [0.717, 1.165) is 19.4 Å². The molecule has 0 radical (unpaired) electrons. The Morgan fingerprint density at radius 3 is 2.55 bits per heavy atom. The van der Waals surface area contributed by atoms with E-state index in [1.807, 2.05) is 18.7 Å². The monoisotopic (exact) mass is 283 g/mol. The van der Waals surface area contributed by atoms with Crippen molar-refractivity contribution in [3.8, 4) is 0 Å². The van der Waals surface area contributed by atoms with E-state index < -0.39 is 0 Å². The molecule has 0 bridgehead atoms. The number of rotatable bonds is 3. The summed E-state index contributed by atoms with van der Waals surface area (Å²) in [5.74, 6) is 0.230. The van der Waals surface area contributed by atoms with Gasteiger partial charge in [-0.15, -0.1) is 0 Å². The number of morpholine rings is 1. The summed E-state index contributed by atoms with van der Waals surface area (Å²) in [6.07, 6.45) is 1.66. The summed E-state index contributed by atoms with van der Waals surface area (Å²) >= 11 is 0. The van der Waals surface area contributed by atoms with Gasteiger partial charge in [0.2, 0.25) is 11.8 Å². The number of piperidine rings is 1. The molecule has 2 aliphatic rings. The van der Waals surface area contributed by atoms with Crippen molar-refractivity contribution in [2.45, 2.75) is 38.8 Å². The number of carbonyl (C=O) groups is 2. The topological polar surface area (TPSA) is 70.7 Å². The standard InChI is InChI=1S/C14H25N3O3/c1-10(2)13(18)16-11-3-6-17(7-4-11)14(19)12-9-20-8-5-15-12/h10-12,15H,3-9H2,1-2H3,(H,16,18). The van der Waals surface area contributed by atoms with Gasteiger partial charge in [0.05, 0.1) is 13.2 Å². The summed E-state index contributed by atoms with van der Waals surface area (Å²) in [7, 11) is 0. The van der Waals surface area contributed by atoms with Crippen LogP contribution in [0.2, 0.25) is 0 Å². The zero-order valence-corrected chi connectivity index (χ0v) is 12.4. The molecule has 1 unspecified atom stereocenters. The maximum absolute atomic E-state index is 12.3. The quantitative estimate of drug-likeness (QED) is 0.748. The SMILES string of the molecule is CC(C)C(=O)NC1CCN(C(=O)C2COCCN2)CC1. The van der Waals surface area contributed by atoms with Gasteiger partial charge in [0.15, 0.2) is 0 Å². The van der Waals surface area contributed by atoms with E-state index in [0.29, 0.717) is 26.3 Å². The second-order valence-electron chi connectivity index (χ2n) is 5.84. The van der Waals surface area contributed by atoms with Gasteiger partial charge in [0, 0.05) is 31.6 Å². The zero-order chi connectivity index (χ0) is 14.5. The van der Waals surface area contributed by atoms with E-state index in [2.05, 4.69) is 10.6 Å². The molecule has 2 heterocycles. The van der Waals surface area contributed by atoms with E-state index in [1.54, 1.807) is 0 Å². The first-order chi connectivity index (χ1) is 9.58. The second kappa shape index (κ2) is 7.04. The lowest BCUT2D eigenvalue weighted by atomic mass is 10.0. The second-order valence-corrected chi connectivity index (χ2v) is 5.84. The number of nitrogens with zero attached hydrogens (tertiary/aromatic N) is 1. The van der Waals surface area contributed by atoms with Crippen LogP contribution in [0.25, 0.3) is 0 Å². The Hall–Kier alpha value is -1.14. The molecular formula is C14H25N3O3. The average Bonchev–Trinajstić information content (AvgIpc) is 2.48. The van der Waals surface area contributed by atoms with Crippen molar-refractivity contribution >= 4 is 11.8 Å². The summed E-state index contributed by atoms with van der Waals surface area (Å²) in [4.78, 5) is 25.8. The van der Waals surface area contributed by atoms with Crippen LogP contribution in [0.3, 0.4) is 0 Å². The summed E-state index contributed by atoms with van der Waals surface area (Å²) in [5.41, 5.74) is 0. The highest BCUT2D eigenvalue weighted by Crippen LogP contribution is 2.13. The molecule has 0 aromatic rings.